The van der Waals surface area contributed by atoms with Crippen molar-refractivity contribution in [3.63, 3.8) is 0 Å². The summed E-state index contributed by atoms with van der Waals surface area (Å²) >= 11 is 0. The van der Waals surface area contributed by atoms with Crippen LogP contribution in [0.3, 0.4) is 0 Å². The highest BCUT2D eigenvalue weighted by atomic mass is 16.6. The second-order valence-electron chi connectivity index (χ2n) is 6.59. The average Bonchev–Trinajstić information content (AvgIpc) is 2.58. The lowest BCUT2D eigenvalue weighted by Crippen LogP contribution is -2.55. The molecule has 142 valence electrons. The van der Waals surface area contributed by atoms with Gasteiger partial charge in [0, 0.05) is 6.61 Å². The van der Waals surface area contributed by atoms with Crippen LogP contribution in [0.2, 0.25) is 0 Å². The standard InChI is InChI=1S/C19H36O5/c1-2-3-4-5-6-7-8-9-10-11-12-13-23-19-16(21)15-24-17(14-20)18(19)22/h3-4,16-22H,2,5-15H2,1H3/b4-3+/t16-,17+,18+,19+/m1/s1. The monoisotopic (exact) mass is 344 g/mol. The average molecular weight is 344 g/mol. The van der Waals surface area contributed by atoms with Crippen LogP contribution >= 0.6 is 0 Å². The van der Waals surface area contributed by atoms with E-state index in [0.29, 0.717) is 6.61 Å². The molecule has 1 aliphatic rings. The van der Waals surface area contributed by atoms with Gasteiger partial charge in [-0.15, -0.1) is 0 Å². The van der Waals surface area contributed by atoms with Crippen LogP contribution in [0, 0.1) is 0 Å². The molecular weight excluding hydrogens is 308 g/mol. The molecule has 0 aromatic rings. The quantitative estimate of drug-likeness (QED) is 0.353. The van der Waals surface area contributed by atoms with Crippen LogP contribution in [-0.2, 0) is 9.47 Å². The van der Waals surface area contributed by atoms with Crippen LogP contribution in [0.15, 0.2) is 12.2 Å². The summed E-state index contributed by atoms with van der Waals surface area (Å²) < 4.78 is 10.8. The second-order valence-corrected chi connectivity index (χ2v) is 6.59. The molecule has 5 heteroatoms. The number of unbranched alkanes of at least 4 members (excludes halogenated alkanes) is 7. The Kier molecular flexibility index (Phi) is 12.4. The van der Waals surface area contributed by atoms with Crippen molar-refractivity contribution in [2.75, 3.05) is 19.8 Å². The van der Waals surface area contributed by atoms with Crippen LogP contribution in [-0.4, -0.2) is 59.6 Å². The highest BCUT2D eigenvalue weighted by molar-refractivity contribution is 4.87. The van der Waals surface area contributed by atoms with Gasteiger partial charge in [0.05, 0.1) is 13.2 Å². The Labute approximate surface area is 146 Å². The summed E-state index contributed by atoms with van der Waals surface area (Å²) in [4.78, 5) is 0. The molecule has 1 rings (SSSR count). The van der Waals surface area contributed by atoms with Gasteiger partial charge < -0.3 is 24.8 Å². The zero-order chi connectivity index (χ0) is 17.6. The number of aliphatic hydroxyl groups is 3. The number of allylic oxidation sites excluding steroid dienone is 2. The van der Waals surface area contributed by atoms with E-state index in [1.807, 2.05) is 0 Å². The fraction of sp³-hybridized carbons (Fsp3) is 0.895. The summed E-state index contributed by atoms with van der Waals surface area (Å²) in [7, 11) is 0. The summed E-state index contributed by atoms with van der Waals surface area (Å²) in [5.41, 5.74) is 0. The van der Waals surface area contributed by atoms with Crippen molar-refractivity contribution < 1.29 is 24.8 Å². The molecule has 0 radical (unpaired) electrons. The Hall–Kier alpha value is -0.460. The van der Waals surface area contributed by atoms with Crippen LogP contribution in [0.5, 0.6) is 0 Å². The molecule has 1 fully saturated rings. The molecule has 0 amide bonds. The van der Waals surface area contributed by atoms with Gasteiger partial charge in [-0.05, 0) is 25.7 Å². The smallest absolute Gasteiger partial charge is 0.114 e. The van der Waals surface area contributed by atoms with E-state index in [9.17, 15) is 10.2 Å². The molecule has 24 heavy (non-hydrogen) atoms. The summed E-state index contributed by atoms with van der Waals surface area (Å²) in [5.74, 6) is 0. The predicted molar refractivity (Wildman–Crippen MR) is 94.9 cm³/mol. The number of hydrogen-bond acceptors (Lipinski definition) is 5. The molecular formula is C19H36O5. The van der Waals surface area contributed by atoms with E-state index >= 15 is 0 Å². The van der Waals surface area contributed by atoms with Crippen molar-refractivity contribution in [1.82, 2.24) is 0 Å². The molecule has 1 heterocycles. The fourth-order valence-electron chi connectivity index (χ4n) is 2.98. The summed E-state index contributed by atoms with van der Waals surface area (Å²) in [6.07, 6.45) is 12.1. The minimum atomic E-state index is -0.972. The lowest BCUT2D eigenvalue weighted by molar-refractivity contribution is -0.210. The number of hydrogen-bond donors (Lipinski definition) is 3. The molecule has 3 N–H and O–H groups in total. The maximum atomic E-state index is 10.0. The van der Waals surface area contributed by atoms with Crippen molar-refractivity contribution in [2.24, 2.45) is 0 Å². The summed E-state index contributed by atoms with van der Waals surface area (Å²) in [6.45, 7) is 2.52. The Morgan fingerprint density at radius 3 is 2.33 bits per heavy atom. The molecule has 1 aliphatic heterocycles. The van der Waals surface area contributed by atoms with E-state index in [-0.39, 0.29) is 13.2 Å². The lowest BCUT2D eigenvalue weighted by Gasteiger charge is -2.37. The molecule has 0 bridgehead atoms. The Morgan fingerprint density at radius 2 is 1.67 bits per heavy atom. The minimum absolute atomic E-state index is 0.0976. The molecule has 0 aliphatic carbocycles. The van der Waals surface area contributed by atoms with Gasteiger partial charge in [0.2, 0.25) is 0 Å². The van der Waals surface area contributed by atoms with E-state index in [2.05, 4.69) is 19.1 Å². The molecule has 0 spiro atoms. The van der Waals surface area contributed by atoms with Crippen molar-refractivity contribution in [3.05, 3.63) is 12.2 Å². The van der Waals surface area contributed by atoms with Crippen LogP contribution in [0.25, 0.3) is 0 Å². The molecule has 1 saturated heterocycles. The minimum Gasteiger partial charge on any atom is -0.394 e. The van der Waals surface area contributed by atoms with Crippen LogP contribution in [0.4, 0.5) is 0 Å². The molecule has 0 aromatic heterocycles. The third-order valence-corrected chi connectivity index (χ3v) is 4.49. The van der Waals surface area contributed by atoms with Gasteiger partial charge in [-0.3, -0.25) is 0 Å². The van der Waals surface area contributed by atoms with E-state index < -0.39 is 24.4 Å². The van der Waals surface area contributed by atoms with Gasteiger partial charge >= 0.3 is 0 Å². The number of rotatable bonds is 13. The Bertz CT molecular complexity index is 321. The third kappa shape index (κ3) is 8.58. The van der Waals surface area contributed by atoms with Gasteiger partial charge in [0.15, 0.2) is 0 Å². The lowest BCUT2D eigenvalue weighted by atomic mass is 10.0. The fourth-order valence-corrected chi connectivity index (χ4v) is 2.98. The van der Waals surface area contributed by atoms with Crippen LogP contribution < -0.4 is 0 Å². The largest absolute Gasteiger partial charge is 0.394 e. The molecule has 5 nitrogen and oxygen atoms in total. The summed E-state index contributed by atoms with van der Waals surface area (Å²) in [6, 6.07) is 0. The first-order valence-electron chi connectivity index (χ1n) is 9.55. The zero-order valence-electron chi connectivity index (χ0n) is 15.1. The van der Waals surface area contributed by atoms with Crippen molar-refractivity contribution >= 4 is 0 Å². The topological polar surface area (TPSA) is 79.2 Å². The van der Waals surface area contributed by atoms with Crippen molar-refractivity contribution in [2.45, 2.75) is 89.1 Å². The van der Waals surface area contributed by atoms with E-state index in [1.54, 1.807) is 0 Å². The highest BCUT2D eigenvalue weighted by Gasteiger charge is 2.38. The van der Waals surface area contributed by atoms with Gasteiger partial charge in [0.25, 0.3) is 0 Å². The molecule has 0 unspecified atom stereocenters. The van der Waals surface area contributed by atoms with E-state index in [1.165, 1.54) is 38.5 Å². The van der Waals surface area contributed by atoms with Crippen molar-refractivity contribution in [1.29, 1.82) is 0 Å². The first-order valence-corrected chi connectivity index (χ1v) is 9.55. The molecule has 0 saturated carbocycles. The summed E-state index contributed by atoms with van der Waals surface area (Å²) in [5, 5.41) is 28.9. The van der Waals surface area contributed by atoms with Crippen molar-refractivity contribution in [3.8, 4) is 0 Å². The van der Waals surface area contributed by atoms with Gasteiger partial charge in [-0.25, -0.2) is 0 Å². The van der Waals surface area contributed by atoms with Crippen LogP contribution in [0.1, 0.15) is 64.7 Å². The van der Waals surface area contributed by atoms with Gasteiger partial charge in [-0.1, -0.05) is 51.2 Å². The van der Waals surface area contributed by atoms with E-state index in [4.69, 9.17) is 14.6 Å². The Morgan fingerprint density at radius 1 is 1.00 bits per heavy atom. The zero-order valence-corrected chi connectivity index (χ0v) is 15.1. The maximum absolute atomic E-state index is 10.0. The first kappa shape index (κ1) is 21.6. The normalized spacial score (nSPS) is 27.8. The maximum Gasteiger partial charge on any atom is 0.114 e. The second kappa shape index (κ2) is 13.8. The van der Waals surface area contributed by atoms with Gasteiger partial charge in [0.1, 0.15) is 24.4 Å². The highest BCUT2D eigenvalue weighted by Crippen LogP contribution is 2.19. The molecule has 4 atom stereocenters. The Balaban J connectivity index is 1.97. The third-order valence-electron chi connectivity index (χ3n) is 4.49. The predicted octanol–water partition coefficient (Wildman–Crippen LogP) is 2.57. The number of aliphatic hydroxyl groups excluding tert-OH is 3. The van der Waals surface area contributed by atoms with Gasteiger partial charge in [-0.2, -0.15) is 0 Å². The SMILES string of the molecule is CC/C=C/CCCCCCCCCO[C@@H]1[C@@H](O)[C@H](CO)OC[C@H]1O. The van der Waals surface area contributed by atoms with E-state index in [0.717, 1.165) is 19.3 Å². The number of ether oxygens (including phenoxy) is 2. The first-order chi connectivity index (χ1) is 11.7. The molecule has 0 aromatic carbocycles.